The number of rotatable bonds is 7. The van der Waals surface area contributed by atoms with Crippen molar-refractivity contribution in [3.8, 4) is 16.9 Å². The number of esters is 1. The first-order chi connectivity index (χ1) is 21.6. The molecule has 0 bridgehead atoms. The second-order valence-electron chi connectivity index (χ2n) is 13.2. The molecule has 0 aromatic heterocycles. The van der Waals surface area contributed by atoms with E-state index >= 15 is 0 Å². The van der Waals surface area contributed by atoms with Crippen LogP contribution in [-0.4, -0.2) is 43.8 Å². The second kappa shape index (κ2) is 12.5. The van der Waals surface area contributed by atoms with Crippen LogP contribution in [0.3, 0.4) is 0 Å². The zero-order valence-electron chi connectivity index (χ0n) is 27.3. The Morgan fingerprint density at radius 2 is 1.76 bits per heavy atom. The van der Waals surface area contributed by atoms with E-state index in [0.717, 1.165) is 64.8 Å². The molecule has 0 N–H and O–H groups in total. The highest BCUT2D eigenvalue weighted by molar-refractivity contribution is 5.91. The highest BCUT2D eigenvalue weighted by Gasteiger charge is 2.42. The Morgan fingerprint density at radius 3 is 2.41 bits per heavy atom. The zero-order valence-corrected chi connectivity index (χ0v) is 27.3. The first-order valence-corrected chi connectivity index (χ1v) is 15.4. The van der Waals surface area contributed by atoms with E-state index in [-0.39, 0.29) is 12.0 Å². The Balaban J connectivity index is 1.53. The molecule has 1 fully saturated rings. The third-order valence-corrected chi connectivity index (χ3v) is 9.16. The summed E-state index contributed by atoms with van der Waals surface area (Å²) in [4.78, 5) is 27.0. The smallest absolute Gasteiger partial charge is 0.416 e. The maximum absolute atomic E-state index is 13.6. The van der Waals surface area contributed by atoms with Crippen molar-refractivity contribution < 1.29 is 37.0 Å². The molecular weight excluding hydrogens is 595 g/mol. The molecular formula is C37H40F3NO5. The Labute approximate surface area is 268 Å². The lowest BCUT2D eigenvalue weighted by atomic mass is 9.72. The van der Waals surface area contributed by atoms with Gasteiger partial charge in [-0.1, -0.05) is 37.6 Å². The van der Waals surface area contributed by atoms with Crippen molar-refractivity contribution in [3.63, 3.8) is 0 Å². The van der Waals surface area contributed by atoms with Gasteiger partial charge >= 0.3 is 18.2 Å². The minimum Gasteiger partial charge on any atom is -0.496 e. The molecule has 0 radical (unpaired) electrons. The van der Waals surface area contributed by atoms with Crippen LogP contribution in [0, 0.1) is 19.3 Å². The molecule has 2 atom stereocenters. The van der Waals surface area contributed by atoms with E-state index in [9.17, 15) is 22.8 Å². The third kappa shape index (κ3) is 6.64. The average Bonchev–Trinajstić information content (AvgIpc) is 3.27. The van der Waals surface area contributed by atoms with Crippen LogP contribution in [0.25, 0.3) is 16.7 Å². The summed E-state index contributed by atoms with van der Waals surface area (Å²) in [5.74, 6) is 0.305. The number of aryl methyl sites for hydroxylation is 2. The molecule has 244 valence electrons. The van der Waals surface area contributed by atoms with Crippen LogP contribution in [0.2, 0.25) is 0 Å². The fraction of sp³-hybridized carbons (Fsp3) is 0.405. The number of allylic oxidation sites excluding steroid dienone is 1. The number of halogens is 3. The summed E-state index contributed by atoms with van der Waals surface area (Å²) in [5.41, 5.74) is 6.39. The summed E-state index contributed by atoms with van der Waals surface area (Å²) in [6.45, 7) is 10.1. The minimum absolute atomic E-state index is 0.0194. The van der Waals surface area contributed by atoms with Gasteiger partial charge in [-0.3, -0.25) is 4.90 Å². The van der Waals surface area contributed by atoms with E-state index in [0.29, 0.717) is 22.4 Å². The largest absolute Gasteiger partial charge is 0.496 e. The maximum atomic E-state index is 13.6. The Bertz CT molecular complexity index is 1710. The lowest BCUT2D eigenvalue weighted by Crippen LogP contribution is -2.35. The van der Waals surface area contributed by atoms with E-state index in [4.69, 9.17) is 14.2 Å². The number of nitrogens with zero attached hydrogens (tertiary/aromatic N) is 1. The van der Waals surface area contributed by atoms with Gasteiger partial charge in [0.2, 0.25) is 0 Å². The quantitative estimate of drug-likeness (QED) is 0.242. The van der Waals surface area contributed by atoms with Gasteiger partial charge in [-0.25, -0.2) is 9.59 Å². The van der Waals surface area contributed by atoms with Crippen molar-refractivity contribution in [2.24, 2.45) is 5.41 Å². The lowest BCUT2D eigenvalue weighted by Gasteiger charge is -2.36. The van der Waals surface area contributed by atoms with Crippen LogP contribution in [0.15, 0.2) is 60.2 Å². The summed E-state index contributed by atoms with van der Waals surface area (Å²) < 4.78 is 57.3. The topological polar surface area (TPSA) is 65.1 Å². The summed E-state index contributed by atoms with van der Waals surface area (Å²) in [6, 6.07) is 14.8. The first-order valence-electron chi connectivity index (χ1n) is 15.4. The van der Waals surface area contributed by atoms with Crippen LogP contribution in [0.1, 0.15) is 84.3 Å². The van der Waals surface area contributed by atoms with Gasteiger partial charge in [0, 0.05) is 12.1 Å². The predicted molar refractivity (Wildman–Crippen MR) is 171 cm³/mol. The molecule has 1 heterocycles. The fourth-order valence-electron chi connectivity index (χ4n) is 6.74. The molecule has 1 amide bonds. The van der Waals surface area contributed by atoms with Crippen molar-refractivity contribution in [1.29, 1.82) is 0 Å². The zero-order chi connectivity index (χ0) is 33.6. The van der Waals surface area contributed by atoms with Gasteiger partial charge in [-0.15, -0.1) is 0 Å². The normalized spacial score (nSPS) is 19.7. The summed E-state index contributed by atoms with van der Waals surface area (Å²) in [6.07, 6.45) is -3.47. The molecule has 3 aromatic rings. The highest BCUT2D eigenvalue weighted by Crippen LogP contribution is 2.47. The molecule has 0 unspecified atom stereocenters. The lowest BCUT2D eigenvalue weighted by molar-refractivity contribution is -0.137. The number of carbonyl (C=O) groups excluding carboxylic acids is 2. The van der Waals surface area contributed by atoms with E-state index in [1.165, 1.54) is 7.11 Å². The predicted octanol–water partition coefficient (Wildman–Crippen LogP) is 9.33. The van der Waals surface area contributed by atoms with E-state index in [1.54, 1.807) is 31.1 Å². The standard InChI is InChI=1S/C37H40F3NO5/c1-21-14-26(17-28(15-21)37(38,39)40)33-23(3)41(35(43)46-33)20-27-19-36(4,5)13-12-30(27)31-18-24(9-11-32(31)44-6)29-10-8-25(16-22(29)2)34(42)45-7/h8-11,14-18,23,33H,12-13,19-20H2,1-7H3/t23-,33+/m1/s1. The molecule has 1 aliphatic heterocycles. The SMILES string of the molecule is COC(=O)c1ccc(-c2ccc(OC)c(C3=C(CN4C(=O)O[C@H](c5cc(C)cc(C(F)(F)F)c5)[C@H]4C)CC(C)(C)CC3)c2)c(C)c1. The monoisotopic (exact) mass is 635 g/mol. The molecule has 9 heteroatoms. The van der Waals surface area contributed by atoms with Gasteiger partial charge in [0.05, 0.1) is 31.4 Å². The number of hydrogen-bond donors (Lipinski definition) is 0. The van der Waals surface area contributed by atoms with Crippen molar-refractivity contribution in [2.75, 3.05) is 20.8 Å². The van der Waals surface area contributed by atoms with Crippen molar-refractivity contribution in [2.45, 2.75) is 72.2 Å². The molecule has 3 aromatic carbocycles. The molecule has 0 saturated carbocycles. The van der Waals surface area contributed by atoms with Crippen molar-refractivity contribution in [1.82, 2.24) is 4.90 Å². The van der Waals surface area contributed by atoms with Crippen LogP contribution in [0.5, 0.6) is 5.75 Å². The van der Waals surface area contributed by atoms with Gasteiger partial charge in [0.15, 0.2) is 0 Å². The Kier molecular flexibility index (Phi) is 8.99. The van der Waals surface area contributed by atoms with Gasteiger partial charge in [-0.2, -0.15) is 13.2 Å². The second-order valence-corrected chi connectivity index (χ2v) is 13.2. The Morgan fingerprint density at radius 1 is 1.02 bits per heavy atom. The fourth-order valence-corrected chi connectivity index (χ4v) is 6.74. The molecule has 2 aliphatic rings. The number of amides is 1. The first kappa shape index (κ1) is 33.1. The van der Waals surface area contributed by atoms with Gasteiger partial charge in [0.1, 0.15) is 11.9 Å². The van der Waals surface area contributed by atoms with E-state index in [1.807, 2.05) is 38.1 Å². The molecule has 46 heavy (non-hydrogen) atoms. The van der Waals surface area contributed by atoms with Crippen LogP contribution in [-0.2, 0) is 15.7 Å². The van der Waals surface area contributed by atoms with Crippen molar-refractivity contribution >= 4 is 17.6 Å². The maximum Gasteiger partial charge on any atom is 0.416 e. The van der Waals surface area contributed by atoms with Crippen LogP contribution in [0.4, 0.5) is 18.0 Å². The molecule has 1 saturated heterocycles. The summed E-state index contributed by atoms with van der Waals surface area (Å²) >= 11 is 0. The number of cyclic esters (lactones) is 1. The number of ether oxygens (including phenoxy) is 3. The van der Waals surface area contributed by atoms with E-state index < -0.39 is 35.9 Å². The number of hydrogen-bond acceptors (Lipinski definition) is 5. The molecule has 6 nitrogen and oxygen atoms in total. The Hall–Kier alpha value is -4.27. The van der Waals surface area contributed by atoms with E-state index in [2.05, 4.69) is 19.9 Å². The molecule has 1 aliphatic carbocycles. The number of benzene rings is 3. The van der Waals surface area contributed by atoms with Gasteiger partial charge in [0.25, 0.3) is 0 Å². The summed E-state index contributed by atoms with van der Waals surface area (Å²) in [5, 5.41) is 0. The average molecular weight is 636 g/mol. The minimum atomic E-state index is -4.50. The number of carbonyl (C=O) groups is 2. The van der Waals surface area contributed by atoms with Gasteiger partial charge in [-0.05, 0) is 115 Å². The highest BCUT2D eigenvalue weighted by atomic mass is 19.4. The third-order valence-electron chi connectivity index (χ3n) is 9.16. The molecule has 5 rings (SSSR count). The van der Waals surface area contributed by atoms with Gasteiger partial charge < -0.3 is 14.2 Å². The van der Waals surface area contributed by atoms with Crippen LogP contribution >= 0.6 is 0 Å². The van der Waals surface area contributed by atoms with Crippen LogP contribution < -0.4 is 4.74 Å². The number of methoxy groups -OCH3 is 2. The summed E-state index contributed by atoms with van der Waals surface area (Å²) in [7, 11) is 2.98. The number of alkyl halides is 3. The molecule has 0 spiro atoms. The van der Waals surface area contributed by atoms with Crippen molar-refractivity contribution in [3.05, 3.63) is 93.6 Å².